The Morgan fingerprint density at radius 2 is 1.59 bits per heavy atom. The van der Waals surface area contributed by atoms with Crippen LogP contribution in [-0.2, 0) is 0 Å². The van der Waals surface area contributed by atoms with Crippen LogP contribution in [0.2, 0.25) is 0 Å². The van der Waals surface area contributed by atoms with E-state index in [4.69, 9.17) is 0 Å². The molecule has 0 radical (unpaired) electrons. The summed E-state index contributed by atoms with van der Waals surface area (Å²) in [6, 6.07) is 7.68. The summed E-state index contributed by atoms with van der Waals surface area (Å²) in [4.78, 5) is 2.68. The van der Waals surface area contributed by atoms with Crippen molar-refractivity contribution in [1.29, 1.82) is 0 Å². The fraction of sp³-hybridized carbons (Fsp3) is 0.667. The van der Waals surface area contributed by atoms with Crippen LogP contribution in [0, 0.1) is 13.8 Å². The fourth-order valence-corrected chi connectivity index (χ4v) is 3.34. The second kappa shape index (κ2) is 11.3. The summed E-state index contributed by atoms with van der Waals surface area (Å²) in [5, 5.41) is 3.47. The van der Waals surface area contributed by atoms with E-state index in [1.165, 1.54) is 55.5 Å². The Labute approximate surface area is 148 Å². The summed E-state index contributed by atoms with van der Waals surface area (Å²) < 4.78 is 0. The van der Waals surface area contributed by atoms with Gasteiger partial charge < -0.3 is 5.32 Å². The molecule has 4 heteroatoms. The van der Waals surface area contributed by atoms with Crippen molar-refractivity contribution >= 4 is 24.8 Å². The molecule has 1 aliphatic heterocycles. The van der Waals surface area contributed by atoms with E-state index in [1.807, 2.05) is 0 Å². The van der Waals surface area contributed by atoms with Crippen LogP contribution in [0.15, 0.2) is 18.2 Å². The lowest BCUT2D eigenvalue weighted by Crippen LogP contribution is -2.45. The highest BCUT2D eigenvalue weighted by molar-refractivity contribution is 5.85. The molecule has 1 atom stereocenters. The van der Waals surface area contributed by atoms with Gasteiger partial charge in [-0.05, 0) is 25.8 Å². The normalized spacial score (nSPS) is 16.5. The van der Waals surface area contributed by atoms with Crippen molar-refractivity contribution in [3.8, 4) is 0 Å². The average molecular weight is 347 g/mol. The van der Waals surface area contributed by atoms with Gasteiger partial charge in [-0.15, -0.1) is 24.8 Å². The number of unbranched alkanes of at least 4 members (excludes halogenated alkanes) is 2. The standard InChI is InChI=1S/C18H30N2.2ClH/c1-4-5-6-7-18(20-10-8-19-9-11-20)17-13-15(2)12-16(3)14-17;;/h12-14,18-19H,4-11H2,1-3H3;2*1H/t18-;;/m0../s1. The second-order valence-corrected chi connectivity index (χ2v) is 6.22. The van der Waals surface area contributed by atoms with Crippen LogP contribution in [0.4, 0.5) is 0 Å². The minimum atomic E-state index is 0. The van der Waals surface area contributed by atoms with Crippen molar-refractivity contribution in [2.45, 2.75) is 52.5 Å². The summed E-state index contributed by atoms with van der Waals surface area (Å²) in [6.45, 7) is 11.4. The lowest BCUT2D eigenvalue weighted by Gasteiger charge is -2.35. The van der Waals surface area contributed by atoms with Gasteiger partial charge in [0.25, 0.3) is 0 Å². The van der Waals surface area contributed by atoms with Gasteiger partial charge in [0.15, 0.2) is 0 Å². The van der Waals surface area contributed by atoms with E-state index in [0.717, 1.165) is 13.1 Å². The minimum Gasteiger partial charge on any atom is -0.314 e. The molecule has 1 aromatic carbocycles. The van der Waals surface area contributed by atoms with Gasteiger partial charge in [-0.1, -0.05) is 55.5 Å². The number of hydrogen-bond acceptors (Lipinski definition) is 2. The van der Waals surface area contributed by atoms with Crippen LogP contribution in [-0.4, -0.2) is 31.1 Å². The zero-order chi connectivity index (χ0) is 14.4. The van der Waals surface area contributed by atoms with Gasteiger partial charge in [-0.25, -0.2) is 0 Å². The Bertz CT molecular complexity index is 397. The van der Waals surface area contributed by atoms with E-state index in [9.17, 15) is 0 Å². The Balaban J connectivity index is 0.00000220. The van der Waals surface area contributed by atoms with Crippen LogP contribution < -0.4 is 5.32 Å². The summed E-state index contributed by atoms with van der Waals surface area (Å²) in [5.74, 6) is 0. The SMILES string of the molecule is CCCCC[C@@H](c1cc(C)cc(C)c1)N1CCNCC1.Cl.Cl. The van der Waals surface area contributed by atoms with Crippen molar-refractivity contribution in [3.05, 3.63) is 34.9 Å². The Morgan fingerprint density at radius 1 is 1.00 bits per heavy atom. The number of rotatable bonds is 6. The van der Waals surface area contributed by atoms with E-state index in [0.29, 0.717) is 6.04 Å². The average Bonchev–Trinajstić information content (AvgIpc) is 2.43. The number of halogens is 2. The molecule has 1 aliphatic rings. The molecule has 22 heavy (non-hydrogen) atoms. The molecule has 1 heterocycles. The lowest BCUT2D eigenvalue weighted by atomic mass is 9.95. The van der Waals surface area contributed by atoms with Crippen molar-refractivity contribution < 1.29 is 0 Å². The molecular formula is C18H32Cl2N2. The van der Waals surface area contributed by atoms with Gasteiger partial charge in [-0.3, -0.25) is 4.90 Å². The number of nitrogens with zero attached hydrogens (tertiary/aromatic N) is 1. The highest BCUT2D eigenvalue weighted by Crippen LogP contribution is 2.28. The fourth-order valence-electron chi connectivity index (χ4n) is 3.34. The number of aryl methyl sites for hydroxylation is 2. The van der Waals surface area contributed by atoms with Gasteiger partial charge in [0.1, 0.15) is 0 Å². The minimum absolute atomic E-state index is 0. The molecule has 0 aromatic heterocycles. The summed E-state index contributed by atoms with van der Waals surface area (Å²) in [6.07, 6.45) is 5.31. The number of hydrogen-bond donors (Lipinski definition) is 1. The van der Waals surface area contributed by atoms with Gasteiger partial charge in [0, 0.05) is 32.2 Å². The maximum Gasteiger partial charge on any atom is 0.0349 e. The summed E-state index contributed by atoms with van der Waals surface area (Å²) >= 11 is 0. The molecule has 1 saturated heterocycles. The molecule has 2 nitrogen and oxygen atoms in total. The third-order valence-electron chi connectivity index (χ3n) is 4.30. The topological polar surface area (TPSA) is 15.3 Å². The first-order valence-electron chi connectivity index (χ1n) is 8.23. The van der Waals surface area contributed by atoms with Crippen LogP contribution in [0.1, 0.15) is 55.3 Å². The zero-order valence-corrected chi connectivity index (χ0v) is 15.9. The van der Waals surface area contributed by atoms with Gasteiger partial charge in [0.2, 0.25) is 0 Å². The molecular weight excluding hydrogens is 315 g/mol. The van der Waals surface area contributed by atoms with Crippen molar-refractivity contribution in [3.63, 3.8) is 0 Å². The molecule has 0 unspecified atom stereocenters. The molecule has 0 aliphatic carbocycles. The summed E-state index contributed by atoms with van der Waals surface area (Å²) in [5.41, 5.74) is 4.33. The van der Waals surface area contributed by atoms with E-state index in [2.05, 4.69) is 49.2 Å². The first-order chi connectivity index (χ1) is 9.70. The molecule has 1 fully saturated rings. The Kier molecular flexibility index (Phi) is 11.1. The molecule has 1 aromatic rings. The van der Waals surface area contributed by atoms with Crippen molar-refractivity contribution in [1.82, 2.24) is 10.2 Å². The smallest absolute Gasteiger partial charge is 0.0349 e. The maximum atomic E-state index is 3.47. The van der Waals surface area contributed by atoms with E-state index < -0.39 is 0 Å². The summed E-state index contributed by atoms with van der Waals surface area (Å²) in [7, 11) is 0. The first-order valence-corrected chi connectivity index (χ1v) is 8.23. The van der Waals surface area contributed by atoms with E-state index in [1.54, 1.807) is 0 Å². The first kappa shape index (κ1) is 21.7. The number of piperazine rings is 1. The number of benzene rings is 1. The van der Waals surface area contributed by atoms with E-state index in [-0.39, 0.29) is 24.8 Å². The Hall–Kier alpha value is -0.280. The highest BCUT2D eigenvalue weighted by atomic mass is 35.5. The molecule has 1 N–H and O–H groups in total. The predicted octanol–water partition coefficient (Wildman–Crippen LogP) is 4.67. The van der Waals surface area contributed by atoms with Crippen LogP contribution >= 0.6 is 24.8 Å². The lowest BCUT2D eigenvalue weighted by molar-refractivity contribution is 0.162. The zero-order valence-electron chi connectivity index (χ0n) is 14.2. The van der Waals surface area contributed by atoms with Crippen molar-refractivity contribution in [2.75, 3.05) is 26.2 Å². The molecule has 0 saturated carbocycles. The molecule has 0 amide bonds. The Morgan fingerprint density at radius 3 is 2.14 bits per heavy atom. The third kappa shape index (κ3) is 6.45. The number of nitrogens with one attached hydrogen (secondary N) is 1. The molecule has 2 rings (SSSR count). The van der Waals surface area contributed by atoms with Gasteiger partial charge in [-0.2, -0.15) is 0 Å². The molecule has 0 bridgehead atoms. The second-order valence-electron chi connectivity index (χ2n) is 6.22. The third-order valence-corrected chi connectivity index (χ3v) is 4.30. The quantitative estimate of drug-likeness (QED) is 0.752. The van der Waals surface area contributed by atoms with Crippen LogP contribution in [0.3, 0.4) is 0 Å². The highest BCUT2D eigenvalue weighted by Gasteiger charge is 2.21. The largest absolute Gasteiger partial charge is 0.314 e. The maximum absolute atomic E-state index is 3.47. The monoisotopic (exact) mass is 346 g/mol. The van der Waals surface area contributed by atoms with E-state index >= 15 is 0 Å². The van der Waals surface area contributed by atoms with Gasteiger partial charge >= 0.3 is 0 Å². The predicted molar refractivity (Wildman–Crippen MR) is 102 cm³/mol. The molecule has 0 spiro atoms. The van der Waals surface area contributed by atoms with Crippen molar-refractivity contribution in [2.24, 2.45) is 0 Å². The van der Waals surface area contributed by atoms with Gasteiger partial charge in [0.05, 0.1) is 0 Å². The van der Waals surface area contributed by atoms with Crippen LogP contribution in [0.5, 0.6) is 0 Å². The molecule has 128 valence electrons. The van der Waals surface area contributed by atoms with Crippen LogP contribution in [0.25, 0.3) is 0 Å².